The van der Waals surface area contributed by atoms with E-state index in [2.05, 4.69) is 31.1 Å². The summed E-state index contributed by atoms with van der Waals surface area (Å²) in [5.41, 5.74) is 1.15. The summed E-state index contributed by atoms with van der Waals surface area (Å²) in [4.78, 5) is 10.8. The molecule has 1 rings (SSSR count). The summed E-state index contributed by atoms with van der Waals surface area (Å²) in [6, 6.07) is 0. The smallest absolute Gasteiger partial charge is 0.320 e. The van der Waals surface area contributed by atoms with E-state index in [9.17, 15) is 4.79 Å². The Bertz CT molecular complexity index is 341. The first-order valence-electron chi connectivity index (χ1n) is 5.05. The molecule has 0 aliphatic heterocycles. The number of esters is 1. The van der Waals surface area contributed by atoms with Gasteiger partial charge in [0.1, 0.15) is 4.83 Å². The molecule has 0 radical (unpaired) electrons. The highest BCUT2D eigenvalue weighted by Crippen LogP contribution is 1.99. The van der Waals surface area contributed by atoms with E-state index in [1.54, 1.807) is 0 Å². The van der Waals surface area contributed by atoms with Crippen molar-refractivity contribution in [3.63, 3.8) is 0 Å². The molecule has 90 valence electrons. The van der Waals surface area contributed by atoms with Crippen molar-refractivity contribution in [1.82, 2.24) is 15.1 Å². The molecule has 1 atom stereocenters. The van der Waals surface area contributed by atoms with Crippen molar-refractivity contribution in [2.75, 3.05) is 20.2 Å². The summed E-state index contributed by atoms with van der Waals surface area (Å²) in [5.74, 6) is -0.262. The van der Waals surface area contributed by atoms with Crippen LogP contribution in [-0.4, -0.2) is 40.8 Å². The molecule has 0 aromatic carbocycles. The highest BCUT2D eigenvalue weighted by Gasteiger charge is 2.13. The van der Waals surface area contributed by atoms with Gasteiger partial charge in [0.2, 0.25) is 0 Å². The summed E-state index contributed by atoms with van der Waals surface area (Å²) in [7, 11) is 1.38. The normalized spacial score (nSPS) is 12.4. The predicted octanol–water partition coefficient (Wildman–Crippen LogP) is 0.718. The second kappa shape index (κ2) is 6.65. The Hall–Kier alpha value is -0.880. The molecular weight excluding hydrogens is 274 g/mol. The van der Waals surface area contributed by atoms with Gasteiger partial charge in [0, 0.05) is 19.3 Å². The van der Waals surface area contributed by atoms with Crippen molar-refractivity contribution in [2.24, 2.45) is 0 Å². The third-order valence-electron chi connectivity index (χ3n) is 2.06. The third-order valence-corrected chi connectivity index (χ3v) is 2.76. The number of nitrogens with one attached hydrogen (secondary N) is 1. The van der Waals surface area contributed by atoms with Crippen LogP contribution in [0.25, 0.3) is 0 Å². The first kappa shape index (κ1) is 13.2. The number of methoxy groups -OCH3 is 1. The summed E-state index contributed by atoms with van der Waals surface area (Å²) in [6.45, 7) is 4.10. The Morgan fingerprint density at radius 3 is 3.06 bits per heavy atom. The van der Waals surface area contributed by atoms with Crippen molar-refractivity contribution >= 4 is 21.9 Å². The number of aromatic nitrogens is 2. The van der Waals surface area contributed by atoms with Gasteiger partial charge in [0.15, 0.2) is 0 Å². The Balaban J connectivity index is 2.14. The number of rotatable bonds is 6. The van der Waals surface area contributed by atoms with Crippen LogP contribution in [0.15, 0.2) is 12.4 Å². The van der Waals surface area contributed by atoms with E-state index in [-0.39, 0.29) is 10.8 Å². The molecule has 6 heteroatoms. The Morgan fingerprint density at radius 1 is 1.75 bits per heavy atom. The van der Waals surface area contributed by atoms with Gasteiger partial charge in [0.25, 0.3) is 0 Å². The molecule has 0 aliphatic rings. The van der Waals surface area contributed by atoms with Crippen LogP contribution in [0.5, 0.6) is 0 Å². The number of hydrogen-bond donors (Lipinski definition) is 1. The van der Waals surface area contributed by atoms with Crippen LogP contribution in [-0.2, 0) is 16.1 Å². The molecule has 0 fully saturated rings. The van der Waals surface area contributed by atoms with E-state index in [1.165, 1.54) is 7.11 Å². The quantitative estimate of drug-likeness (QED) is 0.476. The number of carbonyl (C=O) groups excluding carboxylic acids is 1. The highest BCUT2D eigenvalue weighted by atomic mass is 79.9. The van der Waals surface area contributed by atoms with Crippen LogP contribution < -0.4 is 5.32 Å². The minimum Gasteiger partial charge on any atom is -0.468 e. The molecule has 1 N–H and O–H groups in total. The molecule has 5 nitrogen and oxygen atoms in total. The van der Waals surface area contributed by atoms with Crippen molar-refractivity contribution in [3.8, 4) is 0 Å². The Labute approximate surface area is 103 Å². The van der Waals surface area contributed by atoms with Gasteiger partial charge in [-0.05, 0) is 12.5 Å². The second-order valence-corrected chi connectivity index (χ2v) is 4.58. The molecule has 0 aliphatic carbocycles. The molecule has 1 unspecified atom stereocenters. The average Bonchev–Trinajstić information content (AvgIpc) is 2.69. The van der Waals surface area contributed by atoms with Gasteiger partial charge in [-0.15, -0.1) is 0 Å². The zero-order valence-electron chi connectivity index (χ0n) is 9.44. The van der Waals surface area contributed by atoms with Gasteiger partial charge in [-0.3, -0.25) is 9.48 Å². The number of halogens is 1. The molecule has 1 aromatic rings. The molecule has 0 spiro atoms. The fourth-order valence-electron chi connectivity index (χ4n) is 1.22. The van der Waals surface area contributed by atoms with Gasteiger partial charge >= 0.3 is 5.97 Å². The summed E-state index contributed by atoms with van der Waals surface area (Å²) in [5, 5.41) is 7.31. The van der Waals surface area contributed by atoms with Crippen molar-refractivity contribution in [2.45, 2.75) is 18.3 Å². The van der Waals surface area contributed by atoms with Gasteiger partial charge in [0.05, 0.1) is 19.9 Å². The molecule has 0 saturated carbocycles. The summed E-state index contributed by atoms with van der Waals surface area (Å²) in [6.07, 6.45) is 3.80. The lowest BCUT2D eigenvalue weighted by Crippen LogP contribution is -2.31. The number of carbonyl (C=O) groups is 1. The monoisotopic (exact) mass is 289 g/mol. The number of nitrogens with zero attached hydrogens (tertiary/aromatic N) is 2. The molecule has 0 amide bonds. The maximum absolute atomic E-state index is 11.1. The first-order chi connectivity index (χ1) is 7.63. The minimum absolute atomic E-state index is 0.262. The predicted molar refractivity (Wildman–Crippen MR) is 64.6 cm³/mol. The summed E-state index contributed by atoms with van der Waals surface area (Å²) < 4.78 is 6.45. The fraction of sp³-hybridized carbons (Fsp3) is 0.600. The Morgan fingerprint density at radius 2 is 2.50 bits per heavy atom. The minimum atomic E-state index is -0.295. The lowest BCUT2D eigenvalue weighted by Gasteiger charge is -2.08. The van der Waals surface area contributed by atoms with Crippen molar-refractivity contribution < 1.29 is 9.53 Å². The molecule has 1 heterocycles. The molecule has 16 heavy (non-hydrogen) atoms. The lowest BCUT2D eigenvalue weighted by atomic mass is 10.4. The van der Waals surface area contributed by atoms with E-state index in [4.69, 9.17) is 0 Å². The van der Waals surface area contributed by atoms with Crippen LogP contribution in [0.4, 0.5) is 0 Å². The summed E-state index contributed by atoms with van der Waals surface area (Å²) >= 11 is 3.23. The van der Waals surface area contributed by atoms with E-state index in [0.717, 1.165) is 18.7 Å². The van der Waals surface area contributed by atoms with Crippen molar-refractivity contribution in [1.29, 1.82) is 0 Å². The highest BCUT2D eigenvalue weighted by molar-refractivity contribution is 9.10. The standard InChI is InChI=1S/C10H16BrN3O2/c1-8-5-13-14(7-8)4-3-12-6-9(11)10(15)16-2/h5,7,9,12H,3-4,6H2,1-2H3. The van der Waals surface area contributed by atoms with Crippen LogP contribution >= 0.6 is 15.9 Å². The first-order valence-corrected chi connectivity index (χ1v) is 5.96. The molecular formula is C10H16BrN3O2. The van der Waals surface area contributed by atoms with E-state index in [0.29, 0.717) is 6.54 Å². The van der Waals surface area contributed by atoms with Crippen LogP contribution in [0.3, 0.4) is 0 Å². The number of aryl methyl sites for hydroxylation is 1. The van der Waals surface area contributed by atoms with Gasteiger partial charge in [-0.1, -0.05) is 15.9 Å². The van der Waals surface area contributed by atoms with Gasteiger partial charge < -0.3 is 10.1 Å². The van der Waals surface area contributed by atoms with E-state index in [1.807, 2.05) is 24.0 Å². The molecule has 0 bridgehead atoms. The zero-order valence-corrected chi connectivity index (χ0v) is 11.0. The maximum atomic E-state index is 11.1. The van der Waals surface area contributed by atoms with Crippen LogP contribution in [0.2, 0.25) is 0 Å². The largest absolute Gasteiger partial charge is 0.468 e. The van der Waals surface area contributed by atoms with Crippen molar-refractivity contribution in [3.05, 3.63) is 18.0 Å². The zero-order chi connectivity index (χ0) is 12.0. The lowest BCUT2D eigenvalue weighted by molar-refractivity contribution is -0.139. The molecule has 0 saturated heterocycles. The number of ether oxygens (including phenoxy) is 1. The van der Waals surface area contributed by atoms with Gasteiger partial charge in [-0.25, -0.2) is 0 Å². The SMILES string of the molecule is COC(=O)C(Br)CNCCn1cc(C)cn1. The van der Waals surface area contributed by atoms with Gasteiger partial charge in [-0.2, -0.15) is 5.10 Å². The maximum Gasteiger partial charge on any atom is 0.320 e. The Kier molecular flexibility index (Phi) is 5.48. The van der Waals surface area contributed by atoms with Crippen LogP contribution in [0, 0.1) is 6.92 Å². The second-order valence-electron chi connectivity index (χ2n) is 3.48. The number of hydrogen-bond acceptors (Lipinski definition) is 4. The van der Waals surface area contributed by atoms with E-state index < -0.39 is 0 Å². The molecule has 1 aromatic heterocycles. The topological polar surface area (TPSA) is 56.1 Å². The number of alkyl halides is 1. The fourth-order valence-corrected chi connectivity index (χ4v) is 1.64. The van der Waals surface area contributed by atoms with E-state index >= 15 is 0 Å². The van der Waals surface area contributed by atoms with Crippen LogP contribution in [0.1, 0.15) is 5.56 Å². The average molecular weight is 290 g/mol. The third kappa shape index (κ3) is 4.32.